The van der Waals surface area contributed by atoms with Crippen molar-refractivity contribution in [3.8, 4) is 0 Å². The van der Waals surface area contributed by atoms with Gasteiger partial charge in [0.2, 0.25) is 0 Å². The van der Waals surface area contributed by atoms with Crippen molar-refractivity contribution in [2.45, 2.75) is 38.6 Å². The molecule has 1 aromatic rings. The summed E-state index contributed by atoms with van der Waals surface area (Å²) in [5.74, 6) is 0.467. The predicted octanol–water partition coefficient (Wildman–Crippen LogP) is 3.87. The highest BCUT2D eigenvalue weighted by Gasteiger charge is 2.34. The summed E-state index contributed by atoms with van der Waals surface area (Å²) in [7, 11) is 2.10. The molecule has 1 aliphatic rings. The zero-order chi connectivity index (χ0) is 13.5. The number of halogens is 1. The fourth-order valence-corrected chi connectivity index (χ4v) is 2.97. The molecule has 0 amide bonds. The number of hydrogen-bond donors (Lipinski definition) is 1. The maximum atomic E-state index is 8.65. The molecule has 0 aliphatic carbocycles. The van der Waals surface area contributed by atoms with E-state index in [1.165, 1.54) is 17.5 Å². The number of anilines is 1. The van der Waals surface area contributed by atoms with Crippen LogP contribution in [0.1, 0.15) is 44.2 Å². The van der Waals surface area contributed by atoms with Crippen molar-refractivity contribution < 1.29 is 5.21 Å². The second-order valence-electron chi connectivity index (χ2n) is 5.65. The third-order valence-electron chi connectivity index (χ3n) is 3.95. The van der Waals surface area contributed by atoms with E-state index in [0.29, 0.717) is 10.9 Å². The third-order valence-corrected chi connectivity index (χ3v) is 4.28. The van der Waals surface area contributed by atoms with Crippen LogP contribution in [0.2, 0.25) is 5.02 Å². The van der Waals surface area contributed by atoms with E-state index < -0.39 is 0 Å². The monoisotopic (exact) mass is 266 g/mol. The lowest BCUT2D eigenvalue weighted by Crippen LogP contribution is -2.45. The van der Waals surface area contributed by atoms with Crippen LogP contribution in [-0.2, 0) is 0 Å². The van der Waals surface area contributed by atoms with Crippen LogP contribution < -0.4 is 4.90 Å². The molecule has 1 heterocycles. The molecule has 1 aliphatic heterocycles. The van der Waals surface area contributed by atoms with Gasteiger partial charge in [0.25, 0.3) is 0 Å². The molecule has 0 saturated carbocycles. The minimum Gasteiger partial charge on any atom is -0.411 e. The van der Waals surface area contributed by atoms with E-state index in [-0.39, 0.29) is 5.54 Å². The van der Waals surface area contributed by atoms with Gasteiger partial charge in [-0.1, -0.05) is 23.7 Å². The van der Waals surface area contributed by atoms with Crippen LogP contribution in [0.3, 0.4) is 0 Å². The van der Waals surface area contributed by atoms with Gasteiger partial charge in [0.1, 0.15) is 0 Å². The van der Waals surface area contributed by atoms with E-state index in [1.54, 1.807) is 0 Å². The largest absolute Gasteiger partial charge is 0.411 e. The smallest absolute Gasteiger partial charge is 0.0748 e. The Hall–Kier alpha value is -1.22. The van der Waals surface area contributed by atoms with Crippen LogP contribution in [0, 0.1) is 0 Å². The van der Waals surface area contributed by atoms with Crippen molar-refractivity contribution in [3.05, 3.63) is 28.3 Å². The lowest BCUT2D eigenvalue weighted by atomic mass is 9.80. The maximum Gasteiger partial charge on any atom is 0.0748 e. The van der Waals surface area contributed by atoms with E-state index in [0.717, 1.165) is 12.0 Å². The average Bonchev–Trinajstić information content (AvgIpc) is 2.28. The van der Waals surface area contributed by atoms with Crippen LogP contribution in [0.5, 0.6) is 0 Å². The molecule has 18 heavy (non-hydrogen) atoms. The first-order valence-electron chi connectivity index (χ1n) is 6.11. The Kier molecular flexibility index (Phi) is 3.28. The van der Waals surface area contributed by atoms with Gasteiger partial charge in [-0.05, 0) is 43.9 Å². The first-order chi connectivity index (χ1) is 8.36. The average molecular weight is 267 g/mol. The topological polar surface area (TPSA) is 35.8 Å². The van der Waals surface area contributed by atoms with Crippen molar-refractivity contribution >= 4 is 23.5 Å². The van der Waals surface area contributed by atoms with Gasteiger partial charge < -0.3 is 10.1 Å². The number of oxime groups is 1. The molecule has 4 heteroatoms. The summed E-state index contributed by atoms with van der Waals surface area (Å²) in [4.78, 5) is 2.27. The van der Waals surface area contributed by atoms with E-state index in [2.05, 4.69) is 37.9 Å². The standard InChI is InChI=1S/C14H19ClN2O/c1-9-7-14(2,3)17(4)13-6-12(15)10(8-16-18)5-11(9)13/h5-6,8-9,18H,7H2,1-4H3/b16-8+/t9-/m1/s1. The van der Waals surface area contributed by atoms with Crippen LogP contribution in [0.25, 0.3) is 0 Å². The number of nitrogens with zero attached hydrogens (tertiary/aromatic N) is 2. The molecule has 2 rings (SSSR count). The molecule has 0 bridgehead atoms. The van der Waals surface area contributed by atoms with E-state index in [9.17, 15) is 0 Å². The zero-order valence-electron chi connectivity index (χ0n) is 11.2. The van der Waals surface area contributed by atoms with Gasteiger partial charge in [-0.2, -0.15) is 0 Å². The molecule has 0 spiro atoms. The molecule has 0 aromatic heterocycles. The predicted molar refractivity (Wildman–Crippen MR) is 76.3 cm³/mol. The highest BCUT2D eigenvalue weighted by atomic mass is 35.5. The molecular weight excluding hydrogens is 248 g/mol. The lowest BCUT2D eigenvalue weighted by Gasteiger charge is -2.45. The van der Waals surface area contributed by atoms with Gasteiger partial charge in [0.05, 0.1) is 11.2 Å². The van der Waals surface area contributed by atoms with Crippen LogP contribution in [0.15, 0.2) is 17.3 Å². The first-order valence-corrected chi connectivity index (χ1v) is 6.49. The van der Waals surface area contributed by atoms with Crippen molar-refractivity contribution in [1.82, 2.24) is 0 Å². The second kappa shape index (κ2) is 4.47. The Labute approximate surface area is 113 Å². The lowest BCUT2D eigenvalue weighted by molar-refractivity contribution is 0.322. The quantitative estimate of drug-likeness (QED) is 0.476. The second-order valence-corrected chi connectivity index (χ2v) is 6.06. The van der Waals surface area contributed by atoms with Crippen molar-refractivity contribution in [1.29, 1.82) is 0 Å². The van der Waals surface area contributed by atoms with Gasteiger partial charge >= 0.3 is 0 Å². The summed E-state index contributed by atoms with van der Waals surface area (Å²) in [6.45, 7) is 6.70. The Morgan fingerprint density at radius 3 is 2.78 bits per heavy atom. The molecule has 0 saturated heterocycles. The minimum absolute atomic E-state index is 0.127. The highest BCUT2D eigenvalue weighted by molar-refractivity contribution is 6.33. The van der Waals surface area contributed by atoms with Gasteiger partial charge in [0.15, 0.2) is 0 Å². The summed E-state index contributed by atoms with van der Waals surface area (Å²) in [6.07, 6.45) is 2.48. The molecular formula is C14H19ClN2O. The van der Waals surface area contributed by atoms with Gasteiger partial charge in [-0.3, -0.25) is 0 Å². The van der Waals surface area contributed by atoms with Gasteiger partial charge in [-0.15, -0.1) is 0 Å². The molecule has 0 fully saturated rings. The van der Waals surface area contributed by atoms with Crippen molar-refractivity contribution in [2.24, 2.45) is 5.16 Å². The summed E-state index contributed by atoms with van der Waals surface area (Å²) < 4.78 is 0. The van der Waals surface area contributed by atoms with Crippen LogP contribution >= 0.6 is 11.6 Å². The van der Waals surface area contributed by atoms with E-state index >= 15 is 0 Å². The maximum absolute atomic E-state index is 8.65. The fraction of sp³-hybridized carbons (Fsp3) is 0.500. The first kappa shape index (κ1) is 13.2. The normalized spacial score (nSPS) is 22.3. The molecule has 98 valence electrons. The Balaban J connectivity index is 2.58. The summed E-state index contributed by atoms with van der Waals surface area (Å²) in [5.41, 5.74) is 3.32. The molecule has 0 unspecified atom stereocenters. The van der Waals surface area contributed by atoms with E-state index in [1.807, 2.05) is 12.1 Å². The third kappa shape index (κ3) is 2.07. The SMILES string of the molecule is C[C@@H]1CC(C)(C)N(C)c2cc(Cl)c(/C=N/O)cc21. The minimum atomic E-state index is 0.127. The van der Waals surface area contributed by atoms with Crippen LogP contribution in [0.4, 0.5) is 5.69 Å². The molecule has 0 radical (unpaired) electrons. The number of rotatable bonds is 1. The van der Waals surface area contributed by atoms with Crippen molar-refractivity contribution in [2.75, 3.05) is 11.9 Å². The number of hydrogen-bond acceptors (Lipinski definition) is 3. The Morgan fingerprint density at radius 2 is 2.17 bits per heavy atom. The Bertz CT molecular complexity index is 497. The summed E-state index contributed by atoms with van der Waals surface area (Å²) in [6, 6.07) is 3.99. The molecule has 3 nitrogen and oxygen atoms in total. The van der Waals surface area contributed by atoms with Crippen molar-refractivity contribution in [3.63, 3.8) is 0 Å². The van der Waals surface area contributed by atoms with E-state index in [4.69, 9.17) is 16.8 Å². The molecule has 1 atom stereocenters. The zero-order valence-corrected chi connectivity index (χ0v) is 12.0. The summed E-state index contributed by atoms with van der Waals surface area (Å²) >= 11 is 6.22. The number of fused-ring (bicyclic) bond motifs is 1. The van der Waals surface area contributed by atoms with Crippen LogP contribution in [-0.4, -0.2) is 24.0 Å². The van der Waals surface area contributed by atoms with Gasteiger partial charge in [0, 0.05) is 23.8 Å². The highest BCUT2D eigenvalue weighted by Crippen LogP contribution is 2.43. The number of benzene rings is 1. The molecule has 1 aromatic carbocycles. The van der Waals surface area contributed by atoms with Gasteiger partial charge in [-0.25, -0.2) is 0 Å². The Morgan fingerprint density at radius 1 is 1.50 bits per heavy atom. The summed E-state index contributed by atoms with van der Waals surface area (Å²) in [5, 5.41) is 12.3. The fourth-order valence-electron chi connectivity index (χ4n) is 2.77. The molecule has 1 N–H and O–H groups in total.